The molecular weight excluding hydrogens is 420 g/mol. The van der Waals surface area contributed by atoms with Gasteiger partial charge >= 0.3 is 5.97 Å². The summed E-state index contributed by atoms with van der Waals surface area (Å²) in [6, 6.07) is 2.34. The number of aromatic hydroxyl groups is 2. The van der Waals surface area contributed by atoms with Crippen LogP contribution in [0.3, 0.4) is 0 Å². The van der Waals surface area contributed by atoms with Crippen molar-refractivity contribution in [2.75, 3.05) is 0 Å². The number of ether oxygens (including phenoxy) is 1. The summed E-state index contributed by atoms with van der Waals surface area (Å²) in [5.41, 5.74) is 0.513. The highest BCUT2D eigenvalue weighted by molar-refractivity contribution is 6.27. The molecule has 0 spiro atoms. The zero-order chi connectivity index (χ0) is 24.4. The van der Waals surface area contributed by atoms with Gasteiger partial charge in [0.2, 0.25) is 0 Å². The van der Waals surface area contributed by atoms with Crippen molar-refractivity contribution in [1.82, 2.24) is 0 Å². The lowest BCUT2D eigenvalue weighted by Gasteiger charge is -2.23. The topological polar surface area (TPSA) is 101 Å². The largest absolute Gasteiger partial charge is 0.507 e. The zero-order valence-corrected chi connectivity index (χ0v) is 20.0. The molecule has 6 heteroatoms. The molecule has 33 heavy (non-hydrogen) atoms. The highest BCUT2D eigenvalue weighted by Crippen LogP contribution is 2.36. The molecule has 2 N–H and O–H groups in total. The monoisotopic (exact) mass is 456 g/mol. The number of carbonyl (C=O) groups is 3. The van der Waals surface area contributed by atoms with Crippen LogP contribution in [0, 0.1) is 0 Å². The molecule has 0 saturated heterocycles. The summed E-state index contributed by atoms with van der Waals surface area (Å²) in [7, 11) is 0. The number of phenols is 2. The highest BCUT2D eigenvalue weighted by Gasteiger charge is 2.35. The summed E-state index contributed by atoms with van der Waals surface area (Å²) in [4.78, 5) is 38.2. The molecule has 6 nitrogen and oxygen atoms in total. The minimum Gasteiger partial charge on any atom is -0.507 e. The minimum atomic E-state index is -0.937. The predicted molar refractivity (Wildman–Crippen MR) is 128 cm³/mol. The van der Waals surface area contributed by atoms with Crippen molar-refractivity contribution in [1.29, 1.82) is 0 Å². The second-order valence-electron chi connectivity index (χ2n) is 8.87. The van der Waals surface area contributed by atoms with Crippen molar-refractivity contribution in [3.8, 4) is 11.5 Å². The van der Waals surface area contributed by atoms with Gasteiger partial charge in [0, 0.05) is 18.4 Å². The summed E-state index contributed by atoms with van der Waals surface area (Å²) < 4.78 is 5.63. The quantitative estimate of drug-likeness (QED) is 0.159. The van der Waals surface area contributed by atoms with Gasteiger partial charge in [-0.1, -0.05) is 63.5 Å². The highest BCUT2D eigenvalue weighted by atomic mass is 16.5. The van der Waals surface area contributed by atoms with E-state index in [1.165, 1.54) is 37.8 Å². The van der Waals surface area contributed by atoms with Gasteiger partial charge in [-0.05, 0) is 38.5 Å². The molecule has 0 heterocycles. The number of carbonyl (C=O) groups excluding carboxylic acids is 3. The lowest BCUT2D eigenvalue weighted by Crippen LogP contribution is -2.29. The molecule has 1 aliphatic rings. The summed E-state index contributed by atoms with van der Waals surface area (Å²) in [6.07, 6.45) is 11.4. The molecule has 0 bridgehead atoms. The van der Waals surface area contributed by atoms with Crippen molar-refractivity contribution in [2.24, 2.45) is 0 Å². The van der Waals surface area contributed by atoms with E-state index >= 15 is 0 Å². The van der Waals surface area contributed by atoms with Gasteiger partial charge in [-0.2, -0.15) is 0 Å². The first-order valence-corrected chi connectivity index (χ1v) is 11.9. The number of ketones is 2. The Hall–Kier alpha value is -2.89. The number of phenolic OH excluding ortho intramolecular Hbond substituents is 2. The maximum atomic E-state index is 13.1. The Kier molecular flexibility index (Phi) is 10.4. The van der Waals surface area contributed by atoms with Gasteiger partial charge in [0.05, 0.1) is 11.1 Å². The Bertz CT molecular complexity index is 921. The molecule has 180 valence electrons. The van der Waals surface area contributed by atoms with E-state index in [2.05, 4.69) is 6.92 Å². The third-order valence-corrected chi connectivity index (χ3v) is 5.78. The molecule has 2 rings (SSSR count). The van der Waals surface area contributed by atoms with Crippen LogP contribution >= 0.6 is 0 Å². The first-order valence-electron chi connectivity index (χ1n) is 11.9. The van der Waals surface area contributed by atoms with Gasteiger partial charge in [0.1, 0.15) is 17.6 Å². The number of unbranched alkanes of at least 4 members (excludes halogenated alkanes) is 7. The Balaban J connectivity index is 2.05. The maximum Gasteiger partial charge on any atom is 0.306 e. The van der Waals surface area contributed by atoms with Crippen LogP contribution in [0.5, 0.6) is 11.5 Å². The van der Waals surface area contributed by atoms with Gasteiger partial charge in [0.15, 0.2) is 11.6 Å². The fourth-order valence-electron chi connectivity index (χ4n) is 3.92. The molecule has 1 aliphatic carbocycles. The van der Waals surface area contributed by atoms with Gasteiger partial charge in [0.25, 0.3) is 0 Å². The number of hydrogen-bond acceptors (Lipinski definition) is 6. The van der Waals surface area contributed by atoms with Crippen LogP contribution in [0.2, 0.25) is 0 Å². The molecule has 1 atom stereocenters. The predicted octanol–water partition coefficient (Wildman–Crippen LogP) is 6.20. The van der Waals surface area contributed by atoms with Gasteiger partial charge in [-0.25, -0.2) is 0 Å². The Morgan fingerprint density at radius 1 is 0.939 bits per heavy atom. The van der Waals surface area contributed by atoms with Crippen molar-refractivity contribution in [2.45, 2.75) is 91.1 Å². The van der Waals surface area contributed by atoms with Crippen LogP contribution in [0.15, 0.2) is 35.4 Å². The fourth-order valence-corrected chi connectivity index (χ4v) is 3.92. The van der Waals surface area contributed by atoms with Crippen LogP contribution in [0.1, 0.15) is 106 Å². The van der Waals surface area contributed by atoms with Crippen LogP contribution < -0.4 is 0 Å². The molecule has 0 fully saturated rings. The standard InChI is InChI=1S/C27H36O6/c1-4-5-6-7-8-9-10-11-12-24(31)33-23(16-13-18(2)3)19-17-22(30)25-20(28)14-15-21(29)26(25)27(19)32/h13-15,17,23,28-29H,4-12,16H2,1-3H3/t23-/m1/s1. The first-order chi connectivity index (χ1) is 15.8. The Morgan fingerprint density at radius 3 is 2.12 bits per heavy atom. The van der Waals surface area contributed by atoms with E-state index < -0.39 is 29.4 Å². The third-order valence-electron chi connectivity index (χ3n) is 5.78. The van der Waals surface area contributed by atoms with E-state index in [4.69, 9.17) is 4.74 Å². The van der Waals surface area contributed by atoms with Crippen LogP contribution in [-0.4, -0.2) is 33.9 Å². The van der Waals surface area contributed by atoms with Gasteiger partial charge in [-0.3, -0.25) is 14.4 Å². The van der Waals surface area contributed by atoms with Crippen LogP contribution in [0.4, 0.5) is 0 Å². The third kappa shape index (κ3) is 7.58. The van der Waals surface area contributed by atoms with E-state index in [9.17, 15) is 24.6 Å². The number of hydrogen-bond donors (Lipinski definition) is 2. The van der Waals surface area contributed by atoms with E-state index in [-0.39, 0.29) is 35.3 Å². The molecule has 0 amide bonds. The second kappa shape index (κ2) is 13.0. The van der Waals surface area contributed by atoms with Crippen LogP contribution in [0.25, 0.3) is 0 Å². The maximum absolute atomic E-state index is 13.1. The summed E-state index contributed by atoms with van der Waals surface area (Å²) in [5.74, 6) is -2.40. The molecule has 0 saturated carbocycles. The Labute approximate surface area is 196 Å². The van der Waals surface area contributed by atoms with Crippen LogP contribution in [-0.2, 0) is 9.53 Å². The fraction of sp³-hybridized carbons (Fsp3) is 0.519. The molecular formula is C27H36O6. The number of benzene rings is 1. The lowest BCUT2D eigenvalue weighted by atomic mass is 9.85. The molecule has 0 aromatic heterocycles. The molecule has 0 unspecified atom stereocenters. The average molecular weight is 457 g/mol. The average Bonchev–Trinajstić information content (AvgIpc) is 2.77. The number of fused-ring (bicyclic) bond motifs is 1. The van der Waals surface area contributed by atoms with Crippen molar-refractivity contribution >= 4 is 17.5 Å². The minimum absolute atomic E-state index is 0.00942. The number of esters is 1. The van der Waals surface area contributed by atoms with Crippen molar-refractivity contribution in [3.05, 3.63) is 46.6 Å². The molecule has 1 aromatic rings. The number of allylic oxidation sites excluding steroid dienone is 2. The molecule has 0 aliphatic heterocycles. The van der Waals surface area contributed by atoms with Crippen molar-refractivity contribution < 1.29 is 29.3 Å². The smallest absolute Gasteiger partial charge is 0.306 e. The lowest BCUT2D eigenvalue weighted by molar-refractivity contribution is -0.147. The van der Waals surface area contributed by atoms with Crippen molar-refractivity contribution in [3.63, 3.8) is 0 Å². The summed E-state index contributed by atoms with van der Waals surface area (Å²) in [6.45, 7) is 5.97. The van der Waals surface area contributed by atoms with E-state index in [0.29, 0.717) is 6.42 Å². The SMILES string of the molecule is CCCCCCCCCCC(=O)O[C@H](CC=C(C)C)C1=CC(=O)c2c(O)ccc(O)c2C1=O. The summed E-state index contributed by atoms with van der Waals surface area (Å²) in [5, 5.41) is 20.2. The number of Topliss-reactive ketones (excluding diaryl/α,β-unsaturated/α-hetero) is 1. The van der Waals surface area contributed by atoms with E-state index in [0.717, 1.165) is 30.9 Å². The molecule has 1 aromatic carbocycles. The first kappa shape index (κ1) is 26.4. The van der Waals surface area contributed by atoms with Gasteiger partial charge in [-0.15, -0.1) is 0 Å². The number of rotatable bonds is 13. The molecule has 0 radical (unpaired) electrons. The Morgan fingerprint density at radius 2 is 1.52 bits per heavy atom. The van der Waals surface area contributed by atoms with E-state index in [1.54, 1.807) is 0 Å². The zero-order valence-electron chi connectivity index (χ0n) is 20.0. The van der Waals surface area contributed by atoms with E-state index in [1.807, 2.05) is 19.9 Å². The normalized spacial score (nSPS) is 13.8. The second-order valence-corrected chi connectivity index (χ2v) is 8.87. The summed E-state index contributed by atoms with van der Waals surface area (Å²) >= 11 is 0. The van der Waals surface area contributed by atoms with Gasteiger partial charge < -0.3 is 14.9 Å².